The van der Waals surface area contributed by atoms with E-state index < -0.39 is 6.10 Å². The SMILES string of the molecule is O=C(NC1CCCCCC1O)c1ccnnc1. The largest absolute Gasteiger partial charge is 0.391 e. The molecule has 2 rings (SSSR count). The van der Waals surface area contributed by atoms with Gasteiger partial charge in [-0.1, -0.05) is 19.3 Å². The molecule has 2 atom stereocenters. The molecule has 5 heteroatoms. The molecule has 1 fully saturated rings. The lowest BCUT2D eigenvalue weighted by atomic mass is 10.1. The first-order valence-corrected chi connectivity index (χ1v) is 6.03. The first-order chi connectivity index (χ1) is 8.27. The second-order valence-corrected chi connectivity index (χ2v) is 4.42. The number of aliphatic hydroxyl groups excluding tert-OH is 1. The number of amides is 1. The third-order valence-electron chi connectivity index (χ3n) is 3.14. The maximum atomic E-state index is 11.9. The van der Waals surface area contributed by atoms with Crippen LogP contribution in [-0.2, 0) is 0 Å². The molecule has 1 aromatic heterocycles. The Hall–Kier alpha value is -1.49. The predicted octanol–water partition coefficient (Wildman–Crippen LogP) is 0.900. The molecule has 0 spiro atoms. The molecule has 1 aliphatic carbocycles. The summed E-state index contributed by atoms with van der Waals surface area (Å²) in [4.78, 5) is 11.9. The molecule has 2 N–H and O–H groups in total. The van der Waals surface area contributed by atoms with Gasteiger partial charge in [-0.05, 0) is 18.9 Å². The van der Waals surface area contributed by atoms with Gasteiger partial charge in [0, 0.05) is 0 Å². The molecule has 1 aromatic rings. The highest BCUT2D eigenvalue weighted by molar-refractivity contribution is 5.93. The minimum absolute atomic E-state index is 0.141. The molecule has 0 saturated heterocycles. The second kappa shape index (κ2) is 5.72. The maximum Gasteiger partial charge on any atom is 0.253 e. The Morgan fingerprint density at radius 3 is 2.88 bits per heavy atom. The van der Waals surface area contributed by atoms with Crippen molar-refractivity contribution in [3.8, 4) is 0 Å². The molecule has 17 heavy (non-hydrogen) atoms. The Balaban J connectivity index is 1.98. The van der Waals surface area contributed by atoms with Gasteiger partial charge in [0.05, 0.1) is 30.1 Å². The topological polar surface area (TPSA) is 75.1 Å². The summed E-state index contributed by atoms with van der Waals surface area (Å²) in [7, 11) is 0. The molecule has 2 unspecified atom stereocenters. The molecular weight excluding hydrogens is 218 g/mol. The monoisotopic (exact) mass is 235 g/mol. The van der Waals surface area contributed by atoms with Crippen molar-refractivity contribution in [3.05, 3.63) is 24.0 Å². The fourth-order valence-corrected chi connectivity index (χ4v) is 2.13. The van der Waals surface area contributed by atoms with Gasteiger partial charge >= 0.3 is 0 Å². The highest BCUT2D eigenvalue weighted by atomic mass is 16.3. The van der Waals surface area contributed by atoms with Crippen LogP contribution in [0.15, 0.2) is 18.5 Å². The zero-order chi connectivity index (χ0) is 12.1. The van der Waals surface area contributed by atoms with Gasteiger partial charge in [0.15, 0.2) is 0 Å². The van der Waals surface area contributed by atoms with Gasteiger partial charge in [0.25, 0.3) is 5.91 Å². The third-order valence-corrected chi connectivity index (χ3v) is 3.14. The van der Waals surface area contributed by atoms with Crippen molar-refractivity contribution in [2.24, 2.45) is 0 Å². The van der Waals surface area contributed by atoms with Crippen molar-refractivity contribution in [1.29, 1.82) is 0 Å². The smallest absolute Gasteiger partial charge is 0.253 e. The van der Waals surface area contributed by atoms with E-state index in [1.165, 1.54) is 12.4 Å². The van der Waals surface area contributed by atoms with Crippen molar-refractivity contribution < 1.29 is 9.90 Å². The fourth-order valence-electron chi connectivity index (χ4n) is 2.13. The first-order valence-electron chi connectivity index (χ1n) is 6.03. The summed E-state index contributed by atoms with van der Waals surface area (Å²) >= 11 is 0. The summed E-state index contributed by atoms with van der Waals surface area (Å²) in [6.07, 6.45) is 7.29. The number of hydrogen-bond acceptors (Lipinski definition) is 4. The van der Waals surface area contributed by atoms with Gasteiger partial charge in [-0.25, -0.2) is 0 Å². The van der Waals surface area contributed by atoms with Crippen molar-refractivity contribution in [2.75, 3.05) is 0 Å². The van der Waals surface area contributed by atoms with Crippen molar-refractivity contribution in [3.63, 3.8) is 0 Å². The number of carbonyl (C=O) groups is 1. The molecule has 0 aromatic carbocycles. The lowest BCUT2D eigenvalue weighted by molar-refractivity contribution is 0.0818. The Morgan fingerprint density at radius 1 is 1.29 bits per heavy atom. The number of rotatable bonds is 2. The van der Waals surface area contributed by atoms with Gasteiger partial charge in [-0.3, -0.25) is 4.79 Å². The number of hydrogen-bond donors (Lipinski definition) is 2. The van der Waals surface area contributed by atoms with Crippen molar-refractivity contribution >= 4 is 5.91 Å². The van der Waals surface area contributed by atoms with Crippen LogP contribution < -0.4 is 5.32 Å². The normalized spacial score (nSPS) is 25.0. The Kier molecular flexibility index (Phi) is 4.03. The Bertz CT molecular complexity index is 369. The minimum Gasteiger partial charge on any atom is -0.391 e. The third kappa shape index (κ3) is 3.23. The summed E-state index contributed by atoms with van der Waals surface area (Å²) in [5, 5.41) is 20.1. The quantitative estimate of drug-likeness (QED) is 0.747. The van der Waals surface area contributed by atoms with E-state index in [4.69, 9.17) is 0 Å². The zero-order valence-electron chi connectivity index (χ0n) is 9.67. The number of nitrogens with zero attached hydrogens (tertiary/aromatic N) is 2. The van der Waals surface area contributed by atoms with Gasteiger partial charge < -0.3 is 10.4 Å². The number of aromatic nitrogens is 2. The van der Waals surface area contributed by atoms with E-state index in [1.807, 2.05) is 0 Å². The van der Waals surface area contributed by atoms with Crippen LogP contribution in [0.3, 0.4) is 0 Å². The average Bonchev–Trinajstić information content (AvgIpc) is 2.56. The van der Waals surface area contributed by atoms with Crippen LogP contribution in [0.4, 0.5) is 0 Å². The molecular formula is C12H17N3O2. The van der Waals surface area contributed by atoms with Crippen LogP contribution in [0, 0.1) is 0 Å². The van der Waals surface area contributed by atoms with Gasteiger partial charge in [0.2, 0.25) is 0 Å². The van der Waals surface area contributed by atoms with Crippen LogP contribution in [0.25, 0.3) is 0 Å². The molecule has 0 aliphatic heterocycles. The molecule has 1 amide bonds. The van der Waals surface area contributed by atoms with E-state index in [9.17, 15) is 9.90 Å². The molecule has 5 nitrogen and oxygen atoms in total. The standard InChI is InChI=1S/C12H17N3O2/c16-11-5-3-1-2-4-10(11)15-12(17)9-6-7-13-14-8-9/h6-8,10-11,16H,1-5H2,(H,15,17). The highest BCUT2D eigenvalue weighted by Gasteiger charge is 2.23. The minimum atomic E-state index is -0.434. The van der Waals surface area contributed by atoms with Crippen LogP contribution in [0.5, 0.6) is 0 Å². The highest BCUT2D eigenvalue weighted by Crippen LogP contribution is 2.18. The van der Waals surface area contributed by atoms with E-state index in [0.717, 1.165) is 32.1 Å². The number of aliphatic hydroxyl groups is 1. The van der Waals surface area contributed by atoms with Gasteiger partial charge in [0.1, 0.15) is 0 Å². The lowest BCUT2D eigenvalue weighted by Crippen LogP contribution is -2.42. The first kappa shape index (κ1) is 12.0. The molecule has 1 saturated carbocycles. The summed E-state index contributed by atoms with van der Waals surface area (Å²) in [5.41, 5.74) is 0.483. The Morgan fingerprint density at radius 2 is 2.12 bits per heavy atom. The van der Waals surface area contributed by atoms with Crippen molar-refractivity contribution in [1.82, 2.24) is 15.5 Å². The number of carbonyl (C=O) groups excluding carboxylic acids is 1. The Labute approximate surface area is 100 Å². The van der Waals surface area contributed by atoms with Crippen LogP contribution >= 0.6 is 0 Å². The van der Waals surface area contributed by atoms with E-state index in [1.54, 1.807) is 6.07 Å². The predicted molar refractivity (Wildman–Crippen MR) is 62.4 cm³/mol. The van der Waals surface area contributed by atoms with E-state index >= 15 is 0 Å². The summed E-state index contributed by atoms with van der Waals surface area (Å²) in [5.74, 6) is -0.189. The maximum absolute atomic E-state index is 11.9. The molecule has 0 radical (unpaired) electrons. The zero-order valence-corrected chi connectivity index (χ0v) is 9.67. The number of nitrogens with one attached hydrogen (secondary N) is 1. The van der Waals surface area contributed by atoms with Gasteiger partial charge in [-0.15, -0.1) is 0 Å². The van der Waals surface area contributed by atoms with Crippen LogP contribution in [0.2, 0.25) is 0 Å². The summed E-state index contributed by atoms with van der Waals surface area (Å²) in [6.45, 7) is 0. The van der Waals surface area contributed by atoms with E-state index in [-0.39, 0.29) is 11.9 Å². The van der Waals surface area contributed by atoms with Gasteiger partial charge in [-0.2, -0.15) is 10.2 Å². The molecule has 92 valence electrons. The molecule has 1 aliphatic rings. The summed E-state index contributed by atoms with van der Waals surface area (Å²) in [6, 6.07) is 1.48. The second-order valence-electron chi connectivity index (χ2n) is 4.42. The van der Waals surface area contributed by atoms with Crippen molar-refractivity contribution in [2.45, 2.75) is 44.2 Å². The van der Waals surface area contributed by atoms with E-state index in [0.29, 0.717) is 5.56 Å². The van der Waals surface area contributed by atoms with E-state index in [2.05, 4.69) is 15.5 Å². The average molecular weight is 235 g/mol. The fraction of sp³-hybridized carbons (Fsp3) is 0.583. The lowest BCUT2D eigenvalue weighted by Gasteiger charge is -2.21. The van der Waals surface area contributed by atoms with Crippen LogP contribution in [-0.4, -0.2) is 33.4 Å². The molecule has 1 heterocycles. The van der Waals surface area contributed by atoms with Crippen LogP contribution in [0.1, 0.15) is 42.5 Å². The molecule has 0 bridgehead atoms. The summed E-state index contributed by atoms with van der Waals surface area (Å²) < 4.78 is 0.